The Labute approximate surface area is 95.1 Å². The lowest BCUT2D eigenvalue weighted by atomic mass is 10.2. The van der Waals surface area contributed by atoms with Gasteiger partial charge in [-0.25, -0.2) is 0 Å². The molecule has 2 rings (SSSR count). The van der Waals surface area contributed by atoms with Crippen molar-refractivity contribution in [2.24, 2.45) is 0 Å². The highest BCUT2D eigenvalue weighted by atomic mass is 16.3. The summed E-state index contributed by atoms with van der Waals surface area (Å²) in [7, 11) is 0. The normalized spacial score (nSPS) is 12.9. The summed E-state index contributed by atoms with van der Waals surface area (Å²) in [6.07, 6.45) is 1.70. The summed E-state index contributed by atoms with van der Waals surface area (Å²) < 4.78 is 5.34. The standard InChI is InChI=1S/C12H17N3O/c1-8-11(9(2)15-14-8)7-13-10(3)12-5-4-6-16-12/h4-6,10,13H,7H2,1-3H3,(H,14,15). The molecule has 0 spiro atoms. The van der Waals surface area contributed by atoms with Crippen molar-refractivity contribution < 1.29 is 4.42 Å². The molecule has 0 aliphatic rings. The minimum atomic E-state index is 0.212. The maximum atomic E-state index is 5.34. The predicted octanol–water partition coefficient (Wildman–Crippen LogP) is 2.47. The molecule has 1 atom stereocenters. The first-order chi connectivity index (χ1) is 7.68. The molecule has 2 aromatic heterocycles. The van der Waals surface area contributed by atoms with Gasteiger partial charge in [-0.2, -0.15) is 5.10 Å². The van der Waals surface area contributed by atoms with Gasteiger partial charge in [-0.05, 0) is 32.9 Å². The number of hydrogen-bond acceptors (Lipinski definition) is 3. The molecular formula is C12H17N3O. The largest absolute Gasteiger partial charge is 0.468 e. The number of aryl methyl sites for hydroxylation is 2. The third-order valence-electron chi connectivity index (χ3n) is 2.84. The number of nitrogens with one attached hydrogen (secondary N) is 2. The third-order valence-corrected chi connectivity index (χ3v) is 2.84. The zero-order valence-electron chi connectivity index (χ0n) is 9.87. The summed E-state index contributed by atoms with van der Waals surface area (Å²) in [5.74, 6) is 0.957. The van der Waals surface area contributed by atoms with Crippen LogP contribution in [0.3, 0.4) is 0 Å². The van der Waals surface area contributed by atoms with Crippen molar-refractivity contribution in [3.8, 4) is 0 Å². The van der Waals surface area contributed by atoms with Crippen molar-refractivity contribution in [3.05, 3.63) is 41.1 Å². The summed E-state index contributed by atoms with van der Waals surface area (Å²) >= 11 is 0. The molecule has 4 nitrogen and oxygen atoms in total. The zero-order chi connectivity index (χ0) is 11.5. The summed E-state index contributed by atoms with van der Waals surface area (Å²) in [4.78, 5) is 0. The molecule has 0 bridgehead atoms. The number of nitrogens with zero attached hydrogens (tertiary/aromatic N) is 1. The lowest BCUT2D eigenvalue weighted by molar-refractivity contribution is 0.430. The van der Waals surface area contributed by atoms with Gasteiger partial charge in [0.2, 0.25) is 0 Å². The van der Waals surface area contributed by atoms with Gasteiger partial charge in [0.1, 0.15) is 5.76 Å². The van der Waals surface area contributed by atoms with E-state index in [0.717, 1.165) is 23.7 Å². The SMILES string of the molecule is Cc1n[nH]c(C)c1CNC(C)c1ccco1. The van der Waals surface area contributed by atoms with E-state index in [1.807, 2.05) is 26.0 Å². The van der Waals surface area contributed by atoms with Gasteiger partial charge in [0.05, 0.1) is 18.0 Å². The van der Waals surface area contributed by atoms with Crippen LogP contribution >= 0.6 is 0 Å². The highest BCUT2D eigenvalue weighted by Gasteiger charge is 2.10. The molecule has 2 aromatic rings. The van der Waals surface area contributed by atoms with Gasteiger partial charge in [-0.3, -0.25) is 5.10 Å². The summed E-state index contributed by atoms with van der Waals surface area (Å²) in [5.41, 5.74) is 3.41. The Hall–Kier alpha value is -1.55. The second-order valence-corrected chi connectivity index (χ2v) is 4.03. The van der Waals surface area contributed by atoms with E-state index in [4.69, 9.17) is 4.42 Å². The Bertz CT molecular complexity index is 425. The lowest BCUT2D eigenvalue weighted by Crippen LogP contribution is -2.18. The van der Waals surface area contributed by atoms with E-state index in [-0.39, 0.29) is 6.04 Å². The van der Waals surface area contributed by atoms with Crippen molar-refractivity contribution >= 4 is 0 Å². The van der Waals surface area contributed by atoms with Crippen LogP contribution in [0.15, 0.2) is 22.8 Å². The van der Waals surface area contributed by atoms with Gasteiger partial charge < -0.3 is 9.73 Å². The highest BCUT2D eigenvalue weighted by Crippen LogP contribution is 2.15. The molecule has 0 saturated carbocycles. The first-order valence-corrected chi connectivity index (χ1v) is 5.45. The molecule has 0 saturated heterocycles. The van der Waals surface area contributed by atoms with Crippen LogP contribution in [-0.4, -0.2) is 10.2 Å². The van der Waals surface area contributed by atoms with Gasteiger partial charge in [0.25, 0.3) is 0 Å². The Morgan fingerprint density at radius 1 is 1.50 bits per heavy atom. The molecular weight excluding hydrogens is 202 g/mol. The summed E-state index contributed by atoms with van der Waals surface area (Å²) in [5, 5.41) is 10.6. The fourth-order valence-electron chi connectivity index (χ4n) is 1.73. The number of aromatic amines is 1. The van der Waals surface area contributed by atoms with Crippen molar-refractivity contribution in [2.45, 2.75) is 33.4 Å². The molecule has 0 aliphatic carbocycles. The van der Waals surface area contributed by atoms with Crippen molar-refractivity contribution in [2.75, 3.05) is 0 Å². The van der Waals surface area contributed by atoms with Gasteiger partial charge in [-0.1, -0.05) is 0 Å². The summed E-state index contributed by atoms with van der Waals surface area (Å²) in [6, 6.07) is 4.10. The minimum absolute atomic E-state index is 0.212. The van der Waals surface area contributed by atoms with Crippen LogP contribution in [0, 0.1) is 13.8 Å². The maximum absolute atomic E-state index is 5.34. The topological polar surface area (TPSA) is 53.9 Å². The molecule has 1 unspecified atom stereocenters. The Balaban J connectivity index is 1.98. The lowest BCUT2D eigenvalue weighted by Gasteiger charge is -2.11. The van der Waals surface area contributed by atoms with E-state index < -0.39 is 0 Å². The zero-order valence-corrected chi connectivity index (χ0v) is 9.87. The number of rotatable bonds is 4. The van der Waals surface area contributed by atoms with Crippen LogP contribution in [0.1, 0.15) is 35.7 Å². The van der Waals surface area contributed by atoms with E-state index in [1.54, 1.807) is 6.26 Å². The second kappa shape index (κ2) is 4.53. The van der Waals surface area contributed by atoms with Gasteiger partial charge >= 0.3 is 0 Å². The predicted molar refractivity (Wildman–Crippen MR) is 62.0 cm³/mol. The first kappa shape index (κ1) is 11.0. The quantitative estimate of drug-likeness (QED) is 0.830. The van der Waals surface area contributed by atoms with E-state index in [1.165, 1.54) is 5.56 Å². The molecule has 0 aliphatic heterocycles. The van der Waals surface area contributed by atoms with Crippen molar-refractivity contribution in [1.82, 2.24) is 15.5 Å². The van der Waals surface area contributed by atoms with Crippen LogP contribution in [0.5, 0.6) is 0 Å². The van der Waals surface area contributed by atoms with Gasteiger partial charge in [-0.15, -0.1) is 0 Å². The average Bonchev–Trinajstić information content (AvgIpc) is 2.87. The fraction of sp³-hybridized carbons (Fsp3) is 0.417. The molecule has 16 heavy (non-hydrogen) atoms. The van der Waals surface area contributed by atoms with Crippen molar-refractivity contribution in [3.63, 3.8) is 0 Å². The monoisotopic (exact) mass is 219 g/mol. The Morgan fingerprint density at radius 2 is 2.31 bits per heavy atom. The van der Waals surface area contributed by atoms with E-state index in [2.05, 4.69) is 22.4 Å². The first-order valence-electron chi connectivity index (χ1n) is 5.45. The van der Waals surface area contributed by atoms with Gasteiger partial charge in [0.15, 0.2) is 0 Å². The Morgan fingerprint density at radius 3 is 2.88 bits per heavy atom. The third kappa shape index (κ3) is 2.17. The molecule has 86 valence electrons. The van der Waals surface area contributed by atoms with Gasteiger partial charge in [0, 0.05) is 17.8 Å². The average molecular weight is 219 g/mol. The number of hydrogen-bond donors (Lipinski definition) is 2. The molecule has 0 radical (unpaired) electrons. The van der Waals surface area contributed by atoms with E-state index in [0.29, 0.717) is 0 Å². The fourth-order valence-corrected chi connectivity index (χ4v) is 1.73. The second-order valence-electron chi connectivity index (χ2n) is 4.03. The van der Waals surface area contributed by atoms with Crippen LogP contribution in [-0.2, 0) is 6.54 Å². The molecule has 2 heterocycles. The highest BCUT2D eigenvalue weighted by molar-refractivity contribution is 5.23. The van der Waals surface area contributed by atoms with Crippen LogP contribution in [0.4, 0.5) is 0 Å². The molecule has 0 fully saturated rings. The molecule has 0 aromatic carbocycles. The maximum Gasteiger partial charge on any atom is 0.120 e. The Kier molecular flexibility index (Phi) is 3.10. The van der Waals surface area contributed by atoms with Crippen LogP contribution in [0.2, 0.25) is 0 Å². The van der Waals surface area contributed by atoms with E-state index >= 15 is 0 Å². The molecule has 2 N–H and O–H groups in total. The van der Waals surface area contributed by atoms with Crippen LogP contribution < -0.4 is 5.32 Å². The number of H-pyrrole nitrogens is 1. The molecule has 4 heteroatoms. The minimum Gasteiger partial charge on any atom is -0.468 e. The summed E-state index contributed by atoms with van der Waals surface area (Å²) in [6.45, 7) is 6.94. The molecule has 0 amide bonds. The van der Waals surface area contributed by atoms with Crippen molar-refractivity contribution in [1.29, 1.82) is 0 Å². The number of furan rings is 1. The smallest absolute Gasteiger partial charge is 0.120 e. The van der Waals surface area contributed by atoms with E-state index in [9.17, 15) is 0 Å². The van der Waals surface area contributed by atoms with Crippen LogP contribution in [0.25, 0.3) is 0 Å². The number of aromatic nitrogens is 2.